The molecule has 0 fully saturated rings. The van der Waals surface area contributed by atoms with Gasteiger partial charge in [0.1, 0.15) is 5.75 Å². The van der Waals surface area contributed by atoms with Gasteiger partial charge in [-0.15, -0.1) is 0 Å². The average Bonchev–Trinajstić information content (AvgIpc) is 2.84. The fraction of sp³-hybridized carbons (Fsp3) is 0.241. The zero-order chi connectivity index (χ0) is 25.0. The summed E-state index contributed by atoms with van der Waals surface area (Å²) in [5.74, 6) is 0.268. The third kappa shape index (κ3) is 5.57. The third-order valence-corrected chi connectivity index (χ3v) is 6.46. The minimum atomic E-state index is -0.350. The fourth-order valence-electron chi connectivity index (χ4n) is 4.52. The van der Waals surface area contributed by atoms with Gasteiger partial charge in [0.05, 0.1) is 16.8 Å². The molecule has 1 amide bonds. The minimum Gasteiger partial charge on any atom is -0.484 e. The number of hydrogen-bond acceptors (Lipinski definition) is 4. The van der Waals surface area contributed by atoms with Crippen molar-refractivity contribution in [1.82, 2.24) is 5.43 Å². The largest absolute Gasteiger partial charge is 0.484 e. The van der Waals surface area contributed by atoms with Crippen molar-refractivity contribution in [1.29, 1.82) is 0 Å². The van der Waals surface area contributed by atoms with Crippen molar-refractivity contribution in [3.8, 4) is 16.9 Å². The van der Waals surface area contributed by atoms with Gasteiger partial charge in [0.2, 0.25) is 0 Å². The number of nitrogens with one attached hydrogen (secondary N) is 1. The number of hydrogen-bond donors (Lipinski definition) is 1. The van der Waals surface area contributed by atoms with E-state index in [4.69, 9.17) is 16.3 Å². The lowest BCUT2D eigenvalue weighted by Crippen LogP contribution is -2.44. The maximum Gasteiger partial charge on any atom is 0.277 e. The van der Waals surface area contributed by atoms with Crippen LogP contribution >= 0.6 is 11.6 Å². The number of halogens is 1. The summed E-state index contributed by atoms with van der Waals surface area (Å²) in [5, 5.41) is 4.67. The lowest BCUT2D eigenvalue weighted by atomic mass is 9.88. The molecule has 0 aliphatic carbocycles. The molecule has 0 unspecified atom stereocenters. The third-order valence-electron chi connectivity index (χ3n) is 6.14. The summed E-state index contributed by atoms with van der Waals surface area (Å²) < 4.78 is 5.59. The average molecular weight is 488 g/mol. The molecule has 35 heavy (non-hydrogen) atoms. The second-order valence-electron chi connectivity index (χ2n) is 9.09. The molecule has 3 aromatic carbocycles. The van der Waals surface area contributed by atoms with Gasteiger partial charge in [0, 0.05) is 23.4 Å². The minimum absolute atomic E-state index is 0.0827. The molecule has 1 N–H and O–H groups in total. The van der Waals surface area contributed by atoms with E-state index in [1.54, 1.807) is 6.21 Å². The first-order chi connectivity index (χ1) is 16.8. The van der Waals surface area contributed by atoms with Crippen molar-refractivity contribution in [2.45, 2.75) is 33.2 Å². The van der Waals surface area contributed by atoms with Crippen LogP contribution in [0.3, 0.4) is 0 Å². The van der Waals surface area contributed by atoms with Crippen LogP contribution in [0, 0.1) is 0 Å². The van der Waals surface area contributed by atoms with Crippen LogP contribution < -0.4 is 15.1 Å². The molecular weight excluding hydrogens is 458 g/mol. The normalized spacial score (nSPS) is 14.4. The van der Waals surface area contributed by atoms with Crippen molar-refractivity contribution in [3.63, 3.8) is 0 Å². The molecule has 3 aromatic rings. The summed E-state index contributed by atoms with van der Waals surface area (Å²) >= 11 is 6.56. The van der Waals surface area contributed by atoms with Crippen molar-refractivity contribution >= 4 is 35.0 Å². The Morgan fingerprint density at radius 3 is 2.46 bits per heavy atom. The van der Waals surface area contributed by atoms with E-state index in [0.717, 1.165) is 34.5 Å². The lowest BCUT2D eigenvalue weighted by Gasteiger charge is -2.43. The number of rotatable bonds is 7. The summed E-state index contributed by atoms with van der Waals surface area (Å²) in [6, 6.07) is 21.7. The SMILES string of the molecule is CCN1c2cc(Cl)c(/C=N/NC(=O)COc3ccc(-c4ccccc4)cc3)cc2C(C)=CC1(C)C. The van der Waals surface area contributed by atoms with Gasteiger partial charge in [-0.25, -0.2) is 5.43 Å². The highest BCUT2D eigenvalue weighted by Crippen LogP contribution is 2.40. The number of carbonyl (C=O) groups excluding carboxylic acids is 1. The van der Waals surface area contributed by atoms with Crippen molar-refractivity contribution in [2.24, 2.45) is 5.10 Å². The van der Waals surface area contributed by atoms with Gasteiger partial charge in [-0.2, -0.15) is 5.10 Å². The zero-order valence-corrected chi connectivity index (χ0v) is 21.3. The first-order valence-electron chi connectivity index (χ1n) is 11.7. The number of ether oxygens (including phenoxy) is 1. The van der Waals surface area contributed by atoms with Crippen molar-refractivity contribution < 1.29 is 9.53 Å². The summed E-state index contributed by atoms with van der Waals surface area (Å²) in [7, 11) is 0. The van der Waals surface area contributed by atoms with E-state index in [1.807, 2.05) is 66.7 Å². The van der Waals surface area contributed by atoms with Gasteiger partial charge in [-0.05, 0) is 68.7 Å². The maximum absolute atomic E-state index is 12.2. The molecule has 4 rings (SSSR count). The highest BCUT2D eigenvalue weighted by atomic mass is 35.5. The Labute approximate surface area is 212 Å². The quantitative estimate of drug-likeness (QED) is 0.303. The molecule has 5 nitrogen and oxygen atoms in total. The van der Waals surface area contributed by atoms with Gasteiger partial charge in [-0.3, -0.25) is 4.79 Å². The Morgan fingerprint density at radius 1 is 1.09 bits per heavy atom. The second kappa shape index (κ2) is 10.4. The Kier molecular flexibility index (Phi) is 7.27. The van der Waals surface area contributed by atoms with Gasteiger partial charge in [-0.1, -0.05) is 60.1 Å². The number of anilines is 1. The van der Waals surface area contributed by atoms with Crippen molar-refractivity contribution in [2.75, 3.05) is 18.1 Å². The molecule has 0 spiro atoms. The molecule has 1 aliphatic heterocycles. The Bertz CT molecular complexity index is 1270. The summed E-state index contributed by atoms with van der Waals surface area (Å²) in [6.45, 7) is 9.37. The zero-order valence-electron chi connectivity index (χ0n) is 20.5. The number of nitrogens with zero attached hydrogens (tertiary/aromatic N) is 2. The molecule has 0 atom stereocenters. The predicted molar refractivity (Wildman–Crippen MR) is 145 cm³/mol. The number of carbonyl (C=O) groups is 1. The van der Waals surface area contributed by atoms with Crippen LogP contribution in [0.2, 0.25) is 5.02 Å². The van der Waals surface area contributed by atoms with E-state index in [9.17, 15) is 4.79 Å². The molecule has 0 bridgehead atoms. The number of hydrazone groups is 1. The number of likely N-dealkylation sites (N-methyl/N-ethyl adjacent to an activating group) is 1. The standard InChI is InChI=1S/C29H30ClN3O2/c1-5-33-27-16-26(30)23(15-25(27)20(2)17-29(33,3)4)18-31-32-28(34)19-35-24-13-11-22(12-14-24)21-9-7-6-8-10-21/h6-18H,5,19H2,1-4H3,(H,32,34)/b31-18+. The van der Waals surface area contributed by atoms with Gasteiger partial charge < -0.3 is 9.64 Å². The smallest absolute Gasteiger partial charge is 0.277 e. The Morgan fingerprint density at radius 2 is 1.77 bits per heavy atom. The summed E-state index contributed by atoms with van der Waals surface area (Å²) in [6.07, 6.45) is 3.83. The topological polar surface area (TPSA) is 53.9 Å². The highest BCUT2D eigenvalue weighted by Gasteiger charge is 2.30. The lowest BCUT2D eigenvalue weighted by molar-refractivity contribution is -0.123. The molecule has 6 heteroatoms. The molecule has 0 radical (unpaired) electrons. The van der Waals surface area contributed by atoms with E-state index in [0.29, 0.717) is 10.8 Å². The van der Waals surface area contributed by atoms with Gasteiger partial charge in [0.25, 0.3) is 5.91 Å². The monoisotopic (exact) mass is 487 g/mol. The molecular formula is C29H30ClN3O2. The van der Waals surface area contributed by atoms with Gasteiger partial charge >= 0.3 is 0 Å². The molecule has 180 valence electrons. The Balaban J connectivity index is 1.36. The number of amides is 1. The van der Waals surface area contributed by atoms with Crippen LogP contribution in [-0.4, -0.2) is 30.8 Å². The first-order valence-corrected chi connectivity index (χ1v) is 12.1. The van der Waals surface area contributed by atoms with E-state index in [-0.39, 0.29) is 18.1 Å². The molecule has 0 saturated carbocycles. The van der Waals surface area contributed by atoms with Crippen LogP contribution in [0.4, 0.5) is 5.69 Å². The fourth-order valence-corrected chi connectivity index (χ4v) is 4.73. The number of benzene rings is 3. The molecule has 1 heterocycles. The van der Waals surface area contributed by atoms with Crippen LogP contribution in [0.15, 0.2) is 77.9 Å². The van der Waals surface area contributed by atoms with Crippen LogP contribution in [0.25, 0.3) is 16.7 Å². The van der Waals surface area contributed by atoms with Gasteiger partial charge in [0.15, 0.2) is 6.61 Å². The van der Waals surface area contributed by atoms with Crippen LogP contribution in [-0.2, 0) is 4.79 Å². The van der Waals surface area contributed by atoms with E-state index in [1.165, 1.54) is 5.57 Å². The number of allylic oxidation sites excluding steroid dienone is 1. The first kappa shape index (κ1) is 24.6. The Hall–Kier alpha value is -3.57. The highest BCUT2D eigenvalue weighted by molar-refractivity contribution is 6.33. The maximum atomic E-state index is 12.2. The van der Waals surface area contributed by atoms with E-state index < -0.39 is 0 Å². The van der Waals surface area contributed by atoms with Crippen LogP contribution in [0.1, 0.15) is 38.8 Å². The summed E-state index contributed by atoms with van der Waals surface area (Å²) in [4.78, 5) is 14.5. The second-order valence-corrected chi connectivity index (χ2v) is 9.50. The predicted octanol–water partition coefficient (Wildman–Crippen LogP) is 6.56. The molecule has 0 aromatic heterocycles. The van der Waals surface area contributed by atoms with Crippen LogP contribution in [0.5, 0.6) is 5.75 Å². The van der Waals surface area contributed by atoms with E-state index >= 15 is 0 Å². The molecule has 1 aliphatic rings. The molecule has 0 saturated heterocycles. The number of fused-ring (bicyclic) bond motifs is 1. The summed E-state index contributed by atoms with van der Waals surface area (Å²) in [5.41, 5.74) is 8.80. The van der Waals surface area contributed by atoms with Crippen molar-refractivity contribution in [3.05, 3.63) is 89.0 Å². The van der Waals surface area contributed by atoms with E-state index in [2.05, 4.69) is 49.2 Å².